The molecule has 0 unspecified atom stereocenters. The van der Waals surface area contributed by atoms with Gasteiger partial charge in [-0.25, -0.2) is 4.79 Å². The Morgan fingerprint density at radius 1 is 1.21 bits per heavy atom. The molecule has 1 aromatic carbocycles. The minimum Gasteiger partial charge on any atom is -0.348 e. The molecule has 2 fully saturated rings. The van der Waals surface area contributed by atoms with Gasteiger partial charge in [0.1, 0.15) is 0 Å². The largest absolute Gasteiger partial charge is 0.348 e. The summed E-state index contributed by atoms with van der Waals surface area (Å²) in [5.41, 5.74) is 1.79. The van der Waals surface area contributed by atoms with Crippen molar-refractivity contribution < 1.29 is 9.59 Å². The van der Waals surface area contributed by atoms with Crippen LogP contribution in [0.2, 0.25) is 0 Å². The quantitative estimate of drug-likeness (QED) is 0.738. The van der Waals surface area contributed by atoms with E-state index in [0.29, 0.717) is 6.04 Å². The highest BCUT2D eigenvalue weighted by atomic mass is 32.2. The Bertz CT molecular complexity index is 604. The molecule has 2 aliphatic carbocycles. The summed E-state index contributed by atoms with van der Waals surface area (Å²) in [5.74, 6) is 0.139. The average Bonchev–Trinajstić information content (AvgIpc) is 3.31. The smallest absolute Gasteiger partial charge is 0.319 e. The first-order chi connectivity index (χ1) is 11.5. The second kappa shape index (κ2) is 7.05. The summed E-state index contributed by atoms with van der Waals surface area (Å²) in [5, 5.41) is 8.85. The number of anilines is 1. The zero-order valence-electron chi connectivity index (χ0n) is 14.2. The zero-order valence-corrected chi connectivity index (χ0v) is 15.0. The molecule has 6 heteroatoms. The van der Waals surface area contributed by atoms with E-state index in [4.69, 9.17) is 0 Å². The standard InChI is InChI=1S/C18H25N3O2S/c1-12(19-16(22)18(24-2)10-3-11-18)13-4-6-14(7-5-13)20-17(23)21-15-8-9-15/h4-7,12,15H,3,8-11H2,1-2H3,(H,19,22)(H2,20,21,23)/t12-/m1/s1. The van der Waals surface area contributed by atoms with Crippen LogP contribution in [0.25, 0.3) is 0 Å². The van der Waals surface area contributed by atoms with Crippen LogP contribution in [0.15, 0.2) is 24.3 Å². The van der Waals surface area contributed by atoms with Gasteiger partial charge in [-0.05, 0) is 63.0 Å². The SMILES string of the molecule is CSC1(C(=O)N[C@H](C)c2ccc(NC(=O)NC3CC3)cc2)CCC1. The van der Waals surface area contributed by atoms with Crippen molar-refractivity contribution in [2.24, 2.45) is 0 Å². The number of urea groups is 1. The molecule has 130 valence electrons. The van der Waals surface area contributed by atoms with Gasteiger partial charge in [0, 0.05) is 11.7 Å². The Kier molecular flexibility index (Phi) is 5.04. The molecule has 1 atom stereocenters. The fraction of sp³-hybridized carbons (Fsp3) is 0.556. The van der Waals surface area contributed by atoms with Gasteiger partial charge >= 0.3 is 6.03 Å². The van der Waals surface area contributed by atoms with E-state index < -0.39 is 0 Å². The number of carbonyl (C=O) groups is 2. The van der Waals surface area contributed by atoms with Crippen LogP contribution in [0.3, 0.4) is 0 Å². The summed E-state index contributed by atoms with van der Waals surface area (Å²) in [6, 6.07) is 7.79. The van der Waals surface area contributed by atoms with Gasteiger partial charge in [-0.15, -0.1) is 11.8 Å². The van der Waals surface area contributed by atoms with Crippen LogP contribution in [0.4, 0.5) is 10.5 Å². The highest BCUT2D eigenvalue weighted by Gasteiger charge is 2.43. The van der Waals surface area contributed by atoms with E-state index in [1.807, 2.05) is 37.4 Å². The molecule has 2 aliphatic rings. The van der Waals surface area contributed by atoms with Crippen LogP contribution < -0.4 is 16.0 Å². The van der Waals surface area contributed by atoms with Gasteiger partial charge in [-0.3, -0.25) is 4.79 Å². The van der Waals surface area contributed by atoms with Crippen LogP contribution in [-0.2, 0) is 4.79 Å². The lowest BCUT2D eigenvalue weighted by atomic mass is 9.83. The lowest BCUT2D eigenvalue weighted by Gasteiger charge is -2.39. The number of amides is 3. The fourth-order valence-corrected chi connectivity index (χ4v) is 3.81. The van der Waals surface area contributed by atoms with E-state index in [-0.39, 0.29) is 22.7 Å². The molecular weight excluding hydrogens is 322 g/mol. The number of hydrogen-bond acceptors (Lipinski definition) is 3. The molecule has 3 rings (SSSR count). The first-order valence-corrected chi connectivity index (χ1v) is 9.78. The molecular formula is C18H25N3O2S. The van der Waals surface area contributed by atoms with Crippen molar-refractivity contribution in [3.8, 4) is 0 Å². The van der Waals surface area contributed by atoms with Crippen molar-refractivity contribution in [3.63, 3.8) is 0 Å². The van der Waals surface area contributed by atoms with E-state index in [1.54, 1.807) is 11.8 Å². The molecule has 0 aromatic heterocycles. The molecule has 0 bridgehead atoms. The van der Waals surface area contributed by atoms with Crippen molar-refractivity contribution in [1.29, 1.82) is 0 Å². The van der Waals surface area contributed by atoms with Gasteiger partial charge in [-0.1, -0.05) is 12.1 Å². The summed E-state index contributed by atoms with van der Waals surface area (Å²) < 4.78 is -0.226. The Labute approximate surface area is 147 Å². The van der Waals surface area contributed by atoms with Crippen LogP contribution in [0, 0.1) is 0 Å². The third-order valence-corrected chi connectivity index (χ3v) is 6.27. The molecule has 0 aliphatic heterocycles. The maximum atomic E-state index is 12.5. The van der Waals surface area contributed by atoms with Gasteiger partial charge < -0.3 is 16.0 Å². The van der Waals surface area contributed by atoms with Crippen LogP contribution in [-0.4, -0.2) is 29.0 Å². The number of benzene rings is 1. The maximum Gasteiger partial charge on any atom is 0.319 e. The number of rotatable bonds is 6. The van der Waals surface area contributed by atoms with E-state index in [2.05, 4.69) is 16.0 Å². The topological polar surface area (TPSA) is 70.2 Å². The predicted octanol–water partition coefficient (Wildman–Crippen LogP) is 3.43. The van der Waals surface area contributed by atoms with E-state index in [0.717, 1.165) is 43.4 Å². The molecule has 24 heavy (non-hydrogen) atoms. The summed E-state index contributed by atoms with van der Waals surface area (Å²) in [6.07, 6.45) is 7.21. The molecule has 0 radical (unpaired) electrons. The third kappa shape index (κ3) is 3.86. The van der Waals surface area contributed by atoms with Gasteiger partial charge in [0.2, 0.25) is 5.91 Å². The van der Waals surface area contributed by atoms with E-state index in [9.17, 15) is 9.59 Å². The molecule has 5 nitrogen and oxygen atoms in total. The van der Waals surface area contributed by atoms with Gasteiger partial charge in [-0.2, -0.15) is 0 Å². The van der Waals surface area contributed by atoms with E-state index in [1.165, 1.54) is 0 Å². The average molecular weight is 347 g/mol. The maximum absolute atomic E-state index is 12.5. The lowest BCUT2D eigenvalue weighted by Crippen LogP contribution is -2.49. The third-order valence-electron chi connectivity index (χ3n) is 4.89. The predicted molar refractivity (Wildman–Crippen MR) is 98.3 cm³/mol. The van der Waals surface area contributed by atoms with Crippen molar-refractivity contribution in [3.05, 3.63) is 29.8 Å². The highest BCUT2D eigenvalue weighted by Crippen LogP contribution is 2.43. The minimum absolute atomic E-state index is 0.0449. The van der Waals surface area contributed by atoms with Crippen molar-refractivity contribution in [1.82, 2.24) is 10.6 Å². The molecule has 1 aromatic rings. The molecule has 0 saturated heterocycles. The van der Waals surface area contributed by atoms with Crippen molar-refractivity contribution >= 4 is 29.4 Å². The number of thioether (sulfide) groups is 1. The summed E-state index contributed by atoms with van der Waals surface area (Å²) >= 11 is 1.66. The molecule has 2 saturated carbocycles. The Balaban J connectivity index is 1.54. The van der Waals surface area contributed by atoms with E-state index >= 15 is 0 Å². The Hall–Kier alpha value is -1.69. The molecule has 0 spiro atoms. The Morgan fingerprint density at radius 3 is 2.38 bits per heavy atom. The van der Waals surface area contributed by atoms with Crippen molar-refractivity contribution in [2.75, 3.05) is 11.6 Å². The second-order valence-corrected chi connectivity index (χ2v) is 7.93. The van der Waals surface area contributed by atoms with Gasteiger partial charge in [0.15, 0.2) is 0 Å². The van der Waals surface area contributed by atoms with Crippen LogP contribution in [0.5, 0.6) is 0 Å². The number of carbonyl (C=O) groups excluding carboxylic acids is 2. The summed E-state index contributed by atoms with van der Waals surface area (Å²) in [4.78, 5) is 24.2. The lowest BCUT2D eigenvalue weighted by molar-refractivity contribution is -0.126. The van der Waals surface area contributed by atoms with Crippen LogP contribution >= 0.6 is 11.8 Å². The van der Waals surface area contributed by atoms with Crippen LogP contribution in [0.1, 0.15) is 50.6 Å². The minimum atomic E-state index is -0.226. The van der Waals surface area contributed by atoms with Gasteiger partial charge in [0.25, 0.3) is 0 Å². The fourth-order valence-electron chi connectivity index (χ4n) is 2.87. The normalized spacial score (nSPS) is 19.8. The second-order valence-electron chi connectivity index (χ2n) is 6.74. The number of hydrogen-bond donors (Lipinski definition) is 3. The first-order valence-electron chi connectivity index (χ1n) is 8.56. The Morgan fingerprint density at radius 2 is 1.88 bits per heavy atom. The monoisotopic (exact) mass is 347 g/mol. The van der Waals surface area contributed by atoms with Crippen molar-refractivity contribution in [2.45, 2.75) is 55.9 Å². The highest BCUT2D eigenvalue weighted by molar-refractivity contribution is 8.00. The summed E-state index contributed by atoms with van der Waals surface area (Å²) in [6.45, 7) is 1.99. The molecule has 3 N–H and O–H groups in total. The zero-order chi connectivity index (χ0) is 17.2. The molecule has 3 amide bonds. The summed E-state index contributed by atoms with van der Waals surface area (Å²) in [7, 11) is 0. The number of nitrogens with one attached hydrogen (secondary N) is 3. The van der Waals surface area contributed by atoms with Gasteiger partial charge in [0.05, 0.1) is 10.8 Å². The molecule has 0 heterocycles. The first kappa shape index (κ1) is 17.1.